The Kier molecular flexibility index (Phi) is 2.71. The fourth-order valence-electron chi connectivity index (χ4n) is 0.651. The largest absolute Gasteiger partial charge is 0.459 e. The molecule has 1 aliphatic rings. The molecule has 0 saturated heterocycles. The van der Waals surface area contributed by atoms with Crippen molar-refractivity contribution in [2.45, 2.75) is 19.1 Å². The van der Waals surface area contributed by atoms with Crippen molar-refractivity contribution in [2.75, 3.05) is 5.88 Å². The van der Waals surface area contributed by atoms with E-state index in [1.165, 1.54) is 0 Å². The smallest absolute Gasteiger partial charge is 0.239 e. The zero-order valence-corrected chi connectivity index (χ0v) is 5.80. The molecule has 52 valence electrons. The second-order valence-electron chi connectivity index (χ2n) is 1.81. The zero-order chi connectivity index (χ0) is 6.53. The summed E-state index contributed by atoms with van der Waals surface area (Å²) in [6.07, 6.45) is 4.84. The fraction of sp³-hybridized carbons (Fsp3) is 0.667. The van der Waals surface area contributed by atoms with Crippen LogP contribution in [0.3, 0.4) is 0 Å². The van der Waals surface area contributed by atoms with Crippen molar-refractivity contribution in [1.29, 1.82) is 0 Å². The van der Waals surface area contributed by atoms with Crippen LogP contribution in [0.25, 0.3) is 0 Å². The monoisotopic (exact) mass is 148 g/mol. The summed E-state index contributed by atoms with van der Waals surface area (Å²) in [6, 6.07) is 0. The molecule has 1 heterocycles. The molecule has 0 N–H and O–H groups in total. The number of alkyl halides is 1. The molecule has 0 saturated carbocycles. The second kappa shape index (κ2) is 3.62. The van der Waals surface area contributed by atoms with Gasteiger partial charge in [0.2, 0.25) is 6.29 Å². The highest BCUT2D eigenvalue weighted by Crippen LogP contribution is 2.10. The molecule has 9 heavy (non-hydrogen) atoms. The number of hydrogen-bond donors (Lipinski definition) is 0. The standard InChI is InChI=1S/C6H9ClO2/c7-3-1-2-6-8-4-5-9-6/h4-6H,1-3H2. The summed E-state index contributed by atoms with van der Waals surface area (Å²) >= 11 is 5.45. The lowest BCUT2D eigenvalue weighted by atomic mass is 10.3. The molecule has 3 heteroatoms. The van der Waals surface area contributed by atoms with E-state index in [4.69, 9.17) is 21.1 Å². The zero-order valence-electron chi connectivity index (χ0n) is 5.05. The Morgan fingerprint density at radius 3 is 2.56 bits per heavy atom. The molecule has 0 unspecified atom stereocenters. The van der Waals surface area contributed by atoms with E-state index in [-0.39, 0.29) is 6.29 Å². The Bertz CT molecular complexity index is 95.2. The molecule has 1 aliphatic heterocycles. The van der Waals surface area contributed by atoms with E-state index in [1.54, 1.807) is 12.5 Å². The van der Waals surface area contributed by atoms with Crippen LogP contribution in [0.2, 0.25) is 0 Å². The van der Waals surface area contributed by atoms with Gasteiger partial charge >= 0.3 is 0 Å². The van der Waals surface area contributed by atoms with Gasteiger partial charge in [-0.3, -0.25) is 0 Å². The van der Waals surface area contributed by atoms with Gasteiger partial charge in [-0.25, -0.2) is 0 Å². The van der Waals surface area contributed by atoms with Crippen LogP contribution in [-0.4, -0.2) is 12.2 Å². The van der Waals surface area contributed by atoms with Crippen molar-refractivity contribution in [1.82, 2.24) is 0 Å². The average molecular weight is 149 g/mol. The van der Waals surface area contributed by atoms with Gasteiger partial charge in [-0.15, -0.1) is 11.6 Å². The van der Waals surface area contributed by atoms with Crippen LogP contribution >= 0.6 is 11.6 Å². The molecule has 0 radical (unpaired) electrons. The fourth-order valence-corrected chi connectivity index (χ4v) is 0.806. The van der Waals surface area contributed by atoms with Gasteiger partial charge in [0.1, 0.15) is 12.5 Å². The predicted octanol–water partition coefficient (Wildman–Crippen LogP) is 1.85. The molecular weight excluding hydrogens is 140 g/mol. The lowest BCUT2D eigenvalue weighted by Crippen LogP contribution is -2.06. The Morgan fingerprint density at radius 2 is 2.00 bits per heavy atom. The van der Waals surface area contributed by atoms with Crippen molar-refractivity contribution >= 4 is 11.6 Å². The molecule has 0 aromatic carbocycles. The van der Waals surface area contributed by atoms with Crippen LogP contribution in [0.4, 0.5) is 0 Å². The van der Waals surface area contributed by atoms with E-state index in [9.17, 15) is 0 Å². The summed E-state index contributed by atoms with van der Waals surface area (Å²) in [4.78, 5) is 0. The summed E-state index contributed by atoms with van der Waals surface area (Å²) in [5.74, 6) is 0.670. The van der Waals surface area contributed by atoms with Gasteiger partial charge in [-0.05, 0) is 6.42 Å². The normalized spacial score (nSPS) is 17.4. The van der Waals surface area contributed by atoms with Gasteiger partial charge in [0.25, 0.3) is 0 Å². The van der Waals surface area contributed by atoms with Gasteiger partial charge in [0, 0.05) is 12.3 Å². The third-order valence-electron chi connectivity index (χ3n) is 1.09. The summed E-state index contributed by atoms with van der Waals surface area (Å²) in [5, 5.41) is 0. The molecule has 1 rings (SSSR count). The van der Waals surface area contributed by atoms with Crippen LogP contribution in [0, 0.1) is 0 Å². The Hall–Kier alpha value is -0.370. The highest BCUT2D eigenvalue weighted by Gasteiger charge is 2.09. The summed E-state index contributed by atoms with van der Waals surface area (Å²) in [7, 11) is 0. The minimum Gasteiger partial charge on any atom is -0.459 e. The van der Waals surface area contributed by atoms with Crippen molar-refractivity contribution in [3.8, 4) is 0 Å². The third kappa shape index (κ3) is 2.14. The van der Waals surface area contributed by atoms with Crippen LogP contribution < -0.4 is 0 Å². The topological polar surface area (TPSA) is 18.5 Å². The van der Waals surface area contributed by atoms with Crippen LogP contribution in [0.15, 0.2) is 12.5 Å². The summed E-state index contributed by atoms with van der Waals surface area (Å²) in [5.41, 5.74) is 0. The van der Waals surface area contributed by atoms with E-state index >= 15 is 0 Å². The summed E-state index contributed by atoms with van der Waals surface area (Å²) < 4.78 is 9.99. The first-order valence-electron chi connectivity index (χ1n) is 2.95. The van der Waals surface area contributed by atoms with E-state index in [0.29, 0.717) is 5.88 Å². The Morgan fingerprint density at radius 1 is 1.33 bits per heavy atom. The van der Waals surface area contributed by atoms with E-state index < -0.39 is 0 Å². The molecule has 0 aromatic rings. The first-order valence-corrected chi connectivity index (χ1v) is 3.49. The molecule has 0 atom stereocenters. The average Bonchev–Trinajstić information content (AvgIpc) is 2.34. The molecule has 2 nitrogen and oxygen atoms in total. The molecule has 0 aromatic heterocycles. The van der Waals surface area contributed by atoms with Crippen LogP contribution in [0.5, 0.6) is 0 Å². The van der Waals surface area contributed by atoms with E-state index in [0.717, 1.165) is 12.8 Å². The quantitative estimate of drug-likeness (QED) is 0.569. The first-order chi connectivity index (χ1) is 4.43. The third-order valence-corrected chi connectivity index (χ3v) is 1.36. The van der Waals surface area contributed by atoms with Crippen molar-refractivity contribution in [2.24, 2.45) is 0 Å². The maximum atomic E-state index is 5.45. The first kappa shape index (κ1) is 6.75. The maximum Gasteiger partial charge on any atom is 0.239 e. The molecular formula is C6H9ClO2. The highest BCUT2D eigenvalue weighted by molar-refractivity contribution is 6.17. The van der Waals surface area contributed by atoms with Gasteiger partial charge in [-0.1, -0.05) is 0 Å². The van der Waals surface area contributed by atoms with Crippen LogP contribution in [-0.2, 0) is 9.47 Å². The molecule has 0 amide bonds. The van der Waals surface area contributed by atoms with Crippen molar-refractivity contribution in [3.05, 3.63) is 12.5 Å². The Balaban J connectivity index is 2.01. The molecule has 0 fully saturated rings. The molecule has 0 aliphatic carbocycles. The van der Waals surface area contributed by atoms with Gasteiger partial charge < -0.3 is 9.47 Å². The van der Waals surface area contributed by atoms with Gasteiger partial charge in [0.15, 0.2) is 0 Å². The number of ether oxygens (including phenoxy) is 2. The predicted molar refractivity (Wildman–Crippen MR) is 35.1 cm³/mol. The van der Waals surface area contributed by atoms with Gasteiger partial charge in [0.05, 0.1) is 0 Å². The number of hydrogen-bond acceptors (Lipinski definition) is 2. The summed E-state index contributed by atoms with van der Waals surface area (Å²) in [6.45, 7) is 0. The maximum absolute atomic E-state index is 5.45. The van der Waals surface area contributed by atoms with Crippen molar-refractivity contribution in [3.63, 3.8) is 0 Å². The highest BCUT2D eigenvalue weighted by atomic mass is 35.5. The molecule has 0 bridgehead atoms. The number of halogens is 1. The second-order valence-corrected chi connectivity index (χ2v) is 2.18. The minimum atomic E-state index is -0.0799. The van der Waals surface area contributed by atoms with Crippen LogP contribution in [0.1, 0.15) is 12.8 Å². The van der Waals surface area contributed by atoms with E-state index in [2.05, 4.69) is 0 Å². The van der Waals surface area contributed by atoms with E-state index in [1.807, 2.05) is 0 Å². The van der Waals surface area contributed by atoms with Crippen molar-refractivity contribution < 1.29 is 9.47 Å². The lowest BCUT2D eigenvalue weighted by Gasteiger charge is -2.07. The van der Waals surface area contributed by atoms with Gasteiger partial charge in [-0.2, -0.15) is 0 Å². The Labute approximate surface area is 59.4 Å². The molecule has 0 spiro atoms. The SMILES string of the molecule is ClCCCC1OC=CO1. The number of rotatable bonds is 3. The minimum absolute atomic E-state index is 0.0799. The lowest BCUT2D eigenvalue weighted by molar-refractivity contribution is -0.0280.